The zero-order chi connectivity index (χ0) is 23.9. The Labute approximate surface area is 201 Å². The highest BCUT2D eigenvalue weighted by atomic mass is 16.5. The van der Waals surface area contributed by atoms with Crippen molar-refractivity contribution >= 4 is 0 Å². The van der Waals surface area contributed by atoms with E-state index in [0.717, 1.165) is 36.5 Å². The second-order valence-electron chi connectivity index (χ2n) is 8.65. The van der Waals surface area contributed by atoms with Crippen LogP contribution in [0.4, 0.5) is 0 Å². The van der Waals surface area contributed by atoms with Gasteiger partial charge in [-0.2, -0.15) is 0 Å². The number of piperidine rings is 1. The first-order valence-corrected chi connectivity index (χ1v) is 12.0. The van der Waals surface area contributed by atoms with Gasteiger partial charge in [0.05, 0.1) is 26.9 Å². The van der Waals surface area contributed by atoms with Gasteiger partial charge in [0.1, 0.15) is 30.5 Å². The minimum absolute atomic E-state index is 0.451. The Hall–Kier alpha value is -2.90. The number of likely N-dealkylation sites (tertiary alicyclic amines) is 1. The summed E-state index contributed by atoms with van der Waals surface area (Å²) < 4.78 is 28.5. The van der Waals surface area contributed by atoms with Crippen molar-refractivity contribution in [2.75, 3.05) is 47.6 Å². The first-order chi connectivity index (χ1) is 16.6. The van der Waals surface area contributed by atoms with Crippen molar-refractivity contribution in [1.29, 1.82) is 0 Å². The van der Waals surface area contributed by atoms with Crippen LogP contribution in [-0.2, 0) is 6.42 Å². The number of rotatable bonds is 11. The second kappa shape index (κ2) is 11.5. The van der Waals surface area contributed by atoms with Crippen molar-refractivity contribution in [3.05, 3.63) is 47.9 Å². The van der Waals surface area contributed by atoms with Gasteiger partial charge in [0.2, 0.25) is 0 Å². The van der Waals surface area contributed by atoms with Gasteiger partial charge in [0, 0.05) is 12.1 Å². The van der Waals surface area contributed by atoms with E-state index in [1.54, 1.807) is 21.3 Å². The Balaban J connectivity index is 1.52. The second-order valence-corrected chi connectivity index (χ2v) is 8.65. The van der Waals surface area contributed by atoms with E-state index in [1.807, 2.05) is 30.3 Å². The van der Waals surface area contributed by atoms with Gasteiger partial charge in [-0.25, -0.2) is 0 Å². The Morgan fingerprint density at radius 2 is 1.74 bits per heavy atom. The number of aliphatic hydroxyl groups excluding tert-OH is 1. The Morgan fingerprint density at radius 3 is 2.41 bits per heavy atom. The van der Waals surface area contributed by atoms with E-state index in [-0.39, 0.29) is 0 Å². The molecule has 1 aromatic carbocycles. The summed E-state index contributed by atoms with van der Waals surface area (Å²) in [6.07, 6.45) is 5.72. The standard InChI is InChI=1S/C27H35NO6/c1-30-20-10-7-19(8-11-20)9-12-22(29)26-25-21(24(31-2)18-34-26)17-23(27(25)32-3)33-16-15-28-13-5-4-6-14-28/h7-8,10-11,17-18,22,29H,4-6,9,12-16H2,1-3H3. The number of hydrogen-bond donors (Lipinski definition) is 1. The monoisotopic (exact) mass is 469 g/mol. The number of aryl methyl sites for hydroxylation is 1. The fourth-order valence-corrected chi connectivity index (χ4v) is 4.60. The summed E-state index contributed by atoms with van der Waals surface area (Å²) >= 11 is 0. The normalized spacial score (nSPS) is 15.3. The van der Waals surface area contributed by atoms with E-state index in [0.29, 0.717) is 48.0 Å². The number of benzene rings is 1. The fourth-order valence-electron chi connectivity index (χ4n) is 4.60. The first-order valence-electron chi connectivity index (χ1n) is 12.0. The highest BCUT2D eigenvalue weighted by Crippen LogP contribution is 2.51. The summed E-state index contributed by atoms with van der Waals surface area (Å²) in [5.41, 5.74) is 2.61. The summed E-state index contributed by atoms with van der Waals surface area (Å²) in [7, 11) is 4.85. The maximum absolute atomic E-state index is 11.1. The molecule has 0 saturated carbocycles. The molecule has 1 atom stereocenters. The predicted octanol–water partition coefficient (Wildman–Crippen LogP) is 4.94. The molecule has 34 heavy (non-hydrogen) atoms. The molecule has 7 nitrogen and oxygen atoms in total. The molecule has 4 rings (SSSR count). The average Bonchev–Trinajstić information content (AvgIpc) is 3.26. The SMILES string of the molecule is COc1ccc(CCC(O)c2occ(OC)c3cc(OCCN4CCCCC4)c(OC)c2-3)cc1. The molecule has 0 amide bonds. The number of aliphatic hydroxyl groups is 1. The molecule has 0 spiro atoms. The zero-order valence-corrected chi connectivity index (χ0v) is 20.3. The van der Waals surface area contributed by atoms with Crippen molar-refractivity contribution < 1.29 is 28.5 Å². The van der Waals surface area contributed by atoms with Crippen LogP contribution in [0.1, 0.15) is 43.1 Å². The molecule has 1 unspecified atom stereocenters. The summed E-state index contributed by atoms with van der Waals surface area (Å²) in [6, 6.07) is 9.77. The van der Waals surface area contributed by atoms with Gasteiger partial charge in [0.25, 0.3) is 0 Å². The molecular formula is C27H35NO6. The fraction of sp³-hybridized carbons (Fsp3) is 0.481. The summed E-state index contributed by atoms with van der Waals surface area (Å²) in [5, 5.41) is 11.1. The van der Waals surface area contributed by atoms with Crippen molar-refractivity contribution in [3.63, 3.8) is 0 Å². The van der Waals surface area contributed by atoms with Gasteiger partial charge >= 0.3 is 0 Å². The summed E-state index contributed by atoms with van der Waals surface area (Å²) in [4.78, 5) is 2.43. The maximum Gasteiger partial charge on any atom is 0.172 e. The van der Waals surface area contributed by atoms with E-state index in [1.165, 1.54) is 25.5 Å². The van der Waals surface area contributed by atoms with Crippen LogP contribution in [0.2, 0.25) is 0 Å². The molecule has 1 fully saturated rings. The van der Waals surface area contributed by atoms with Crippen LogP contribution in [0.15, 0.2) is 41.0 Å². The maximum atomic E-state index is 11.1. The zero-order valence-electron chi connectivity index (χ0n) is 20.3. The molecule has 2 heterocycles. The van der Waals surface area contributed by atoms with Crippen molar-refractivity contribution in [2.45, 2.75) is 38.2 Å². The number of nitrogens with zero attached hydrogens (tertiary/aromatic N) is 1. The molecule has 0 bridgehead atoms. The lowest BCUT2D eigenvalue weighted by atomic mass is 10.00. The van der Waals surface area contributed by atoms with Crippen LogP contribution < -0.4 is 18.9 Å². The summed E-state index contributed by atoms with van der Waals surface area (Å²) in [6.45, 7) is 3.70. The van der Waals surface area contributed by atoms with Gasteiger partial charge in [-0.15, -0.1) is 0 Å². The quantitative estimate of drug-likeness (QED) is 0.426. The molecule has 184 valence electrons. The van der Waals surface area contributed by atoms with Crippen LogP contribution in [-0.4, -0.2) is 57.6 Å². The van der Waals surface area contributed by atoms with Crippen molar-refractivity contribution in [2.24, 2.45) is 0 Å². The Bertz CT molecular complexity index is 1010. The minimum atomic E-state index is -0.812. The predicted molar refractivity (Wildman–Crippen MR) is 130 cm³/mol. The van der Waals surface area contributed by atoms with Gasteiger partial charge in [-0.05, 0) is 62.5 Å². The van der Waals surface area contributed by atoms with Crippen LogP contribution in [0.5, 0.6) is 23.0 Å². The van der Waals surface area contributed by atoms with E-state index >= 15 is 0 Å². The molecule has 1 aromatic rings. The van der Waals surface area contributed by atoms with Gasteiger partial charge in [-0.1, -0.05) is 18.6 Å². The summed E-state index contributed by atoms with van der Waals surface area (Å²) in [5.74, 6) is 3.04. The minimum Gasteiger partial charge on any atom is -0.497 e. The van der Waals surface area contributed by atoms with Crippen molar-refractivity contribution in [3.8, 4) is 34.1 Å². The van der Waals surface area contributed by atoms with Crippen molar-refractivity contribution in [1.82, 2.24) is 4.90 Å². The molecule has 7 heteroatoms. The van der Waals surface area contributed by atoms with E-state index in [2.05, 4.69) is 4.90 Å². The molecule has 3 aliphatic rings. The first kappa shape index (κ1) is 24.2. The van der Waals surface area contributed by atoms with Gasteiger partial charge in [0.15, 0.2) is 17.2 Å². The lowest BCUT2D eigenvalue weighted by molar-refractivity contribution is 0.138. The third-order valence-corrected chi connectivity index (χ3v) is 6.51. The van der Waals surface area contributed by atoms with Crippen LogP contribution in [0.3, 0.4) is 0 Å². The molecule has 0 radical (unpaired) electrons. The molecule has 1 N–H and O–H groups in total. The third kappa shape index (κ3) is 5.42. The van der Waals surface area contributed by atoms with Crippen LogP contribution in [0.25, 0.3) is 11.1 Å². The van der Waals surface area contributed by atoms with Crippen LogP contribution in [0, 0.1) is 0 Å². The number of fused-ring (bicyclic) bond motifs is 1. The Kier molecular flexibility index (Phi) is 8.19. The largest absolute Gasteiger partial charge is 0.497 e. The lowest BCUT2D eigenvalue weighted by Gasteiger charge is -2.26. The third-order valence-electron chi connectivity index (χ3n) is 6.51. The smallest absolute Gasteiger partial charge is 0.172 e. The molecule has 1 saturated heterocycles. The van der Waals surface area contributed by atoms with Gasteiger partial charge < -0.3 is 28.5 Å². The van der Waals surface area contributed by atoms with E-state index < -0.39 is 6.10 Å². The Morgan fingerprint density at radius 1 is 0.971 bits per heavy atom. The molecule has 0 aromatic heterocycles. The average molecular weight is 470 g/mol. The number of ether oxygens (including phenoxy) is 4. The topological polar surface area (TPSA) is 73.5 Å². The molecule has 1 aliphatic carbocycles. The molecule has 2 aliphatic heterocycles. The van der Waals surface area contributed by atoms with E-state index in [4.69, 9.17) is 23.4 Å². The lowest BCUT2D eigenvalue weighted by Crippen LogP contribution is -2.33. The van der Waals surface area contributed by atoms with E-state index in [9.17, 15) is 5.11 Å². The van der Waals surface area contributed by atoms with Crippen LogP contribution >= 0.6 is 0 Å². The van der Waals surface area contributed by atoms with Gasteiger partial charge in [-0.3, -0.25) is 4.90 Å². The number of methoxy groups -OCH3 is 3. The molecular weight excluding hydrogens is 434 g/mol. The highest BCUT2D eigenvalue weighted by Gasteiger charge is 2.30. The highest BCUT2D eigenvalue weighted by molar-refractivity contribution is 5.85. The number of hydrogen-bond acceptors (Lipinski definition) is 7.